The van der Waals surface area contributed by atoms with Gasteiger partial charge in [-0.2, -0.15) is 0 Å². The van der Waals surface area contributed by atoms with E-state index in [0.29, 0.717) is 31.6 Å². The first-order valence-electron chi connectivity index (χ1n) is 39.8. The highest BCUT2D eigenvalue weighted by Gasteiger charge is 2.30. The number of ether oxygens (including phenoxy) is 4. The summed E-state index contributed by atoms with van der Waals surface area (Å²) in [4.78, 5) is 72.9. The summed E-state index contributed by atoms with van der Waals surface area (Å²) in [5.41, 5.74) is 0. The van der Waals surface area contributed by atoms with Gasteiger partial charge in [0.2, 0.25) is 0 Å². The van der Waals surface area contributed by atoms with Crippen LogP contribution in [0.5, 0.6) is 0 Å². The van der Waals surface area contributed by atoms with Gasteiger partial charge in [0.15, 0.2) is 12.2 Å². The van der Waals surface area contributed by atoms with Gasteiger partial charge >= 0.3 is 39.5 Å². The molecular formula is C77H150O17P2. The van der Waals surface area contributed by atoms with Crippen LogP contribution in [-0.4, -0.2) is 96.7 Å². The van der Waals surface area contributed by atoms with Crippen molar-refractivity contribution in [1.29, 1.82) is 0 Å². The SMILES string of the molecule is CCCCCCCCCCCCCCCC(=O)O[C@H](COC(=O)CCCCCCCCCC(C)C)COP(=O)(O)OC[C@H](O)COP(=O)(O)OC[C@@H](COC(=O)CCCCCCCCCCCCCCCC(C)C)OC(=O)CCCCCCCCCCCCCCCCC(C)C. The number of unbranched alkanes of at least 4 members (excludes halogenated alkanes) is 43. The number of phosphoric acid groups is 2. The molecule has 0 spiro atoms. The van der Waals surface area contributed by atoms with Crippen molar-refractivity contribution in [2.45, 2.75) is 414 Å². The number of esters is 4. The number of hydrogen-bond acceptors (Lipinski definition) is 15. The lowest BCUT2D eigenvalue weighted by atomic mass is 10.0. The van der Waals surface area contributed by atoms with Gasteiger partial charge in [-0.05, 0) is 43.4 Å². The minimum Gasteiger partial charge on any atom is -0.462 e. The molecule has 0 bridgehead atoms. The van der Waals surface area contributed by atoms with Crippen LogP contribution >= 0.6 is 15.6 Å². The van der Waals surface area contributed by atoms with Gasteiger partial charge in [-0.1, -0.05) is 344 Å². The van der Waals surface area contributed by atoms with E-state index in [-0.39, 0.29) is 25.7 Å². The molecule has 0 aromatic carbocycles. The number of rotatable bonds is 75. The van der Waals surface area contributed by atoms with Gasteiger partial charge in [-0.3, -0.25) is 37.3 Å². The Labute approximate surface area is 588 Å². The van der Waals surface area contributed by atoms with E-state index in [1.807, 2.05) is 0 Å². The molecule has 0 aliphatic rings. The summed E-state index contributed by atoms with van der Waals surface area (Å²) in [5.74, 6) is 0.176. The number of phosphoric ester groups is 2. The largest absolute Gasteiger partial charge is 0.472 e. The lowest BCUT2D eigenvalue weighted by Gasteiger charge is -2.21. The van der Waals surface area contributed by atoms with Crippen LogP contribution in [0.1, 0.15) is 395 Å². The lowest BCUT2D eigenvalue weighted by Crippen LogP contribution is -2.30. The van der Waals surface area contributed by atoms with E-state index in [9.17, 15) is 43.2 Å². The highest BCUT2D eigenvalue weighted by molar-refractivity contribution is 7.47. The molecule has 0 radical (unpaired) electrons. The number of aliphatic hydroxyl groups is 1. The number of carbonyl (C=O) groups excluding carboxylic acids is 4. The fourth-order valence-corrected chi connectivity index (χ4v) is 13.4. The number of carbonyl (C=O) groups is 4. The molecule has 0 aromatic heterocycles. The molecule has 0 heterocycles. The average Bonchev–Trinajstić information content (AvgIpc) is 3.66. The summed E-state index contributed by atoms with van der Waals surface area (Å²) in [6.07, 6.45) is 54.1. The van der Waals surface area contributed by atoms with Crippen molar-refractivity contribution >= 4 is 39.5 Å². The Bertz CT molecular complexity index is 1870. The molecule has 2 unspecified atom stereocenters. The van der Waals surface area contributed by atoms with Gasteiger partial charge in [0.25, 0.3) is 0 Å². The molecule has 0 amide bonds. The van der Waals surface area contributed by atoms with Gasteiger partial charge in [-0.15, -0.1) is 0 Å². The maximum absolute atomic E-state index is 13.1. The zero-order valence-electron chi connectivity index (χ0n) is 62.8. The van der Waals surface area contributed by atoms with Crippen molar-refractivity contribution in [2.24, 2.45) is 17.8 Å². The van der Waals surface area contributed by atoms with Crippen LogP contribution in [-0.2, 0) is 65.4 Å². The molecule has 3 N–H and O–H groups in total. The van der Waals surface area contributed by atoms with Crippen molar-refractivity contribution in [3.8, 4) is 0 Å². The molecule has 96 heavy (non-hydrogen) atoms. The lowest BCUT2D eigenvalue weighted by molar-refractivity contribution is -0.161. The van der Waals surface area contributed by atoms with Crippen LogP contribution in [0.15, 0.2) is 0 Å². The standard InChI is InChI=1S/C77H150O17P2/c1-8-9-10-11-12-13-14-18-26-31-38-46-53-60-76(81)94-73(65-88-75(80)59-52-45-40-33-36-43-50-57-70(6)7)67-92-96(85,86)90-63-71(78)62-89-95(83,84)91-66-72(64-87-74(79)58-51-44-37-30-25-22-17-20-24-29-35-42-49-56-69(4)5)93-77(82)61-54-47-39-32-27-21-16-15-19-23-28-34-41-48-55-68(2)3/h68-73,78H,8-67H2,1-7H3,(H,83,84)(H,85,86)/t71-,72-,73-/m1/s1. The third-order valence-corrected chi connectivity index (χ3v) is 19.8. The molecule has 17 nitrogen and oxygen atoms in total. The second kappa shape index (κ2) is 67.5. The molecule has 0 aliphatic carbocycles. The third-order valence-electron chi connectivity index (χ3n) is 17.9. The molecule has 0 aliphatic heterocycles. The summed E-state index contributed by atoms with van der Waals surface area (Å²) in [6, 6.07) is 0. The van der Waals surface area contributed by atoms with Crippen LogP contribution in [0.4, 0.5) is 0 Å². The van der Waals surface area contributed by atoms with Gasteiger partial charge in [0.05, 0.1) is 26.4 Å². The zero-order chi connectivity index (χ0) is 70.9. The maximum Gasteiger partial charge on any atom is 0.472 e. The minimum absolute atomic E-state index is 0.107. The van der Waals surface area contributed by atoms with E-state index in [1.54, 1.807) is 0 Å². The molecule has 0 rings (SSSR count). The van der Waals surface area contributed by atoms with Gasteiger partial charge in [-0.25, -0.2) is 9.13 Å². The predicted molar refractivity (Wildman–Crippen MR) is 391 cm³/mol. The smallest absolute Gasteiger partial charge is 0.462 e. The van der Waals surface area contributed by atoms with Crippen molar-refractivity contribution in [3.63, 3.8) is 0 Å². The summed E-state index contributed by atoms with van der Waals surface area (Å²) in [5, 5.41) is 10.6. The number of hydrogen-bond donors (Lipinski definition) is 3. The Balaban J connectivity index is 5.25. The van der Waals surface area contributed by atoms with Crippen LogP contribution < -0.4 is 0 Å². The van der Waals surface area contributed by atoms with E-state index in [2.05, 4.69) is 48.5 Å². The van der Waals surface area contributed by atoms with Gasteiger partial charge in [0.1, 0.15) is 19.3 Å². The minimum atomic E-state index is -4.96. The summed E-state index contributed by atoms with van der Waals surface area (Å²) >= 11 is 0. The third kappa shape index (κ3) is 70.5. The van der Waals surface area contributed by atoms with E-state index in [1.165, 1.54) is 199 Å². The van der Waals surface area contributed by atoms with Crippen molar-refractivity contribution in [2.75, 3.05) is 39.6 Å². The Kier molecular flexibility index (Phi) is 66.2. The van der Waals surface area contributed by atoms with E-state index >= 15 is 0 Å². The summed E-state index contributed by atoms with van der Waals surface area (Å²) in [6.45, 7) is 11.9. The van der Waals surface area contributed by atoms with Crippen LogP contribution in [0, 0.1) is 17.8 Å². The summed E-state index contributed by atoms with van der Waals surface area (Å²) < 4.78 is 68.6. The first-order valence-corrected chi connectivity index (χ1v) is 42.8. The molecule has 5 atom stereocenters. The fourth-order valence-electron chi connectivity index (χ4n) is 11.8. The first-order chi connectivity index (χ1) is 46.2. The van der Waals surface area contributed by atoms with Crippen LogP contribution in [0.3, 0.4) is 0 Å². The Morgan fingerprint density at radius 3 is 0.708 bits per heavy atom. The monoisotopic (exact) mass is 1410 g/mol. The van der Waals surface area contributed by atoms with E-state index in [4.69, 9.17) is 37.0 Å². The Morgan fingerprint density at radius 2 is 0.479 bits per heavy atom. The molecule has 570 valence electrons. The van der Waals surface area contributed by atoms with Crippen molar-refractivity contribution < 1.29 is 80.2 Å². The average molecular weight is 1410 g/mol. The highest BCUT2D eigenvalue weighted by Crippen LogP contribution is 2.45. The van der Waals surface area contributed by atoms with E-state index in [0.717, 1.165) is 108 Å². The maximum atomic E-state index is 13.1. The van der Waals surface area contributed by atoms with E-state index < -0.39 is 97.5 Å². The second-order valence-electron chi connectivity index (χ2n) is 29.2. The molecule has 0 saturated heterocycles. The molecular weight excluding hydrogens is 1260 g/mol. The van der Waals surface area contributed by atoms with Gasteiger partial charge < -0.3 is 33.8 Å². The Hall–Kier alpha value is -1.94. The second-order valence-corrected chi connectivity index (χ2v) is 32.1. The Morgan fingerprint density at radius 1 is 0.281 bits per heavy atom. The normalized spacial score (nSPS) is 14.1. The summed E-state index contributed by atoms with van der Waals surface area (Å²) in [7, 11) is -9.91. The van der Waals surface area contributed by atoms with Crippen LogP contribution in [0.25, 0.3) is 0 Å². The molecule has 0 aromatic rings. The number of aliphatic hydroxyl groups excluding tert-OH is 1. The fraction of sp³-hybridized carbons (Fsp3) is 0.948. The quantitative estimate of drug-likeness (QED) is 0.0222. The van der Waals surface area contributed by atoms with Gasteiger partial charge in [0, 0.05) is 25.7 Å². The first kappa shape index (κ1) is 94.1. The van der Waals surface area contributed by atoms with Crippen molar-refractivity contribution in [1.82, 2.24) is 0 Å². The topological polar surface area (TPSA) is 237 Å². The predicted octanol–water partition coefficient (Wildman–Crippen LogP) is 22.6. The highest BCUT2D eigenvalue weighted by atomic mass is 31.2. The molecule has 0 fully saturated rings. The van der Waals surface area contributed by atoms with Crippen molar-refractivity contribution in [3.05, 3.63) is 0 Å². The molecule has 19 heteroatoms. The molecule has 0 saturated carbocycles. The van der Waals surface area contributed by atoms with Crippen LogP contribution in [0.2, 0.25) is 0 Å². The zero-order valence-corrected chi connectivity index (χ0v) is 64.6.